The Morgan fingerprint density at radius 1 is 0.857 bits per heavy atom. The normalized spacial score (nSPS) is 11.1. The van der Waals surface area contributed by atoms with Crippen molar-refractivity contribution in [3.05, 3.63) is 0 Å². The second kappa shape index (κ2) is 3.68. The molecule has 44 valence electrons. The van der Waals surface area contributed by atoms with Crippen LogP contribution in [0.4, 0.5) is 0 Å². The van der Waals surface area contributed by atoms with Gasteiger partial charge < -0.3 is 0 Å². The Balaban J connectivity index is 2.95. The van der Waals surface area contributed by atoms with Gasteiger partial charge in [-0.1, -0.05) is 0 Å². The maximum absolute atomic E-state index is 2.26. The Kier molecular flexibility index (Phi) is 4.05. The fourth-order valence-electron chi connectivity index (χ4n) is 0.327. The molecule has 3 heteroatoms. The van der Waals surface area contributed by atoms with E-state index in [1.807, 2.05) is 0 Å². The summed E-state index contributed by atoms with van der Waals surface area (Å²) < 4.78 is 4.51. The van der Waals surface area contributed by atoms with E-state index in [0.717, 1.165) is 0 Å². The minimum absolute atomic E-state index is 0.0167. The summed E-state index contributed by atoms with van der Waals surface area (Å²) in [6.07, 6.45) is 0. The predicted octanol–water partition coefficient (Wildman–Crippen LogP) is -0.356. The van der Waals surface area contributed by atoms with Crippen LogP contribution >= 0.6 is 0 Å². The third-order valence-corrected chi connectivity index (χ3v) is 2.19. The molecule has 0 heterocycles. The van der Waals surface area contributed by atoms with Crippen molar-refractivity contribution in [3.8, 4) is 0 Å². The van der Waals surface area contributed by atoms with Crippen LogP contribution in [0, 0.1) is 0 Å². The van der Waals surface area contributed by atoms with E-state index in [9.17, 15) is 0 Å². The number of rotatable bonds is 2. The third kappa shape index (κ3) is 6.71. The molecular weight excluding hydrogens is 204 g/mol. The Bertz CT molecular complexity index is 39.0. The van der Waals surface area contributed by atoms with E-state index in [4.69, 9.17) is 0 Å². The number of hydrogen-bond donors (Lipinski definition) is 0. The Labute approximate surface area is 56.3 Å². The number of hydrogen-bond acceptors (Lipinski definition) is 2. The van der Waals surface area contributed by atoms with Gasteiger partial charge in [0.25, 0.3) is 0 Å². The van der Waals surface area contributed by atoms with Gasteiger partial charge in [0.2, 0.25) is 0 Å². The van der Waals surface area contributed by atoms with Crippen LogP contribution in [0.2, 0.25) is 0 Å². The molecule has 0 atom stereocenters. The van der Waals surface area contributed by atoms with Crippen LogP contribution in [0.15, 0.2) is 0 Å². The van der Waals surface area contributed by atoms with Crippen molar-refractivity contribution in [3.63, 3.8) is 0 Å². The van der Waals surface area contributed by atoms with Crippen LogP contribution in [0.25, 0.3) is 0 Å². The summed E-state index contributed by atoms with van der Waals surface area (Å²) >= 11 is 0.0167. The van der Waals surface area contributed by atoms with Gasteiger partial charge in [0.15, 0.2) is 0 Å². The van der Waals surface area contributed by atoms with Gasteiger partial charge in [-0.3, -0.25) is 0 Å². The zero-order valence-electron chi connectivity index (χ0n) is 5.30. The van der Waals surface area contributed by atoms with Crippen molar-refractivity contribution in [2.24, 2.45) is 0 Å². The molecule has 0 aromatic heterocycles. The maximum atomic E-state index is 2.26. The fraction of sp³-hybridized carbons (Fsp3) is 1.00. The first kappa shape index (κ1) is 7.71. The molecule has 0 rings (SSSR count). The van der Waals surface area contributed by atoms with Crippen LogP contribution in [-0.2, 0) is 0 Å². The van der Waals surface area contributed by atoms with Crippen molar-refractivity contribution in [2.45, 2.75) is 0 Å². The molecule has 0 saturated heterocycles. The molecule has 0 spiro atoms. The van der Waals surface area contributed by atoms with Gasteiger partial charge in [-0.05, 0) is 0 Å². The molecule has 0 aromatic carbocycles. The van der Waals surface area contributed by atoms with Crippen molar-refractivity contribution in [1.29, 1.82) is 0 Å². The van der Waals surface area contributed by atoms with Crippen LogP contribution < -0.4 is 0 Å². The van der Waals surface area contributed by atoms with E-state index in [0.29, 0.717) is 0 Å². The van der Waals surface area contributed by atoms with Gasteiger partial charge in [-0.15, -0.1) is 0 Å². The van der Waals surface area contributed by atoms with Gasteiger partial charge in [-0.2, -0.15) is 0 Å². The molecule has 0 aliphatic rings. The van der Waals surface area contributed by atoms with Gasteiger partial charge in [0.1, 0.15) is 0 Å². The van der Waals surface area contributed by atoms with E-state index in [-0.39, 0.29) is 21.5 Å². The van der Waals surface area contributed by atoms with Crippen LogP contribution in [0.3, 0.4) is 0 Å². The molecule has 0 aliphatic heterocycles. The van der Waals surface area contributed by atoms with E-state index >= 15 is 0 Å². The average Bonchev–Trinajstić information content (AvgIpc) is 1.27. The standard InChI is InChI=1S/C4H12N2Te/c1-5(2)7-6(3)4/h1-4H3. The first-order valence-electron chi connectivity index (χ1n) is 2.15. The van der Waals surface area contributed by atoms with E-state index in [1.165, 1.54) is 0 Å². The Morgan fingerprint density at radius 3 is 1.14 bits per heavy atom. The molecule has 0 radical (unpaired) electrons. The summed E-state index contributed by atoms with van der Waals surface area (Å²) in [5, 5.41) is 0. The molecule has 0 fully saturated rings. The quantitative estimate of drug-likeness (QED) is 0.581. The van der Waals surface area contributed by atoms with E-state index < -0.39 is 0 Å². The molecule has 2 nitrogen and oxygen atoms in total. The average molecular weight is 216 g/mol. The third-order valence-electron chi connectivity index (χ3n) is 0.327. The SMILES string of the molecule is CN(C)[Te]N(C)C. The zero-order chi connectivity index (χ0) is 5.86. The summed E-state index contributed by atoms with van der Waals surface area (Å²) in [5.41, 5.74) is 0. The molecular formula is C4H12N2Te. The number of nitrogens with zero attached hydrogens (tertiary/aromatic N) is 2. The molecule has 0 saturated carbocycles. The van der Waals surface area contributed by atoms with Gasteiger partial charge >= 0.3 is 56.0 Å². The molecule has 0 amide bonds. The first-order valence-corrected chi connectivity index (χ1v) is 4.24. The van der Waals surface area contributed by atoms with E-state index in [1.54, 1.807) is 0 Å². The second-order valence-corrected chi connectivity index (χ2v) is 6.34. The molecule has 0 aromatic rings. The van der Waals surface area contributed by atoms with Gasteiger partial charge in [-0.25, -0.2) is 0 Å². The van der Waals surface area contributed by atoms with Crippen LogP contribution in [0.1, 0.15) is 0 Å². The second-order valence-electron chi connectivity index (χ2n) is 1.71. The fourth-order valence-corrected chi connectivity index (χ4v) is 2.19. The van der Waals surface area contributed by atoms with Gasteiger partial charge in [0.05, 0.1) is 0 Å². The van der Waals surface area contributed by atoms with E-state index in [2.05, 4.69) is 34.5 Å². The molecule has 7 heavy (non-hydrogen) atoms. The van der Waals surface area contributed by atoms with Crippen molar-refractivity contribution < 1.29 is 0 Å². The van der Waals surface area contributed by atoms with Gasteiger partial charge in [0, 0.05) is 0 Å². The molecule has 0 bridgehead atoms. The monoisotopic (exact) mass is 218 g/mol. The van der Waals surface area contributed by atoms with Crippen LogP contribution in [0.5, 0.6) is 0 Å². The summed E-state index contributed by atoms with van der Waals surface area (Å²) in [7, 11) is 8.45. The summed E-state index contributed by atoms with van der Waals surface area (Å²) in [6.45, 7) is 0. The molecule has 0 N–H and O–H groups in total. The Hall–Kier alpha value is 0.710. The summed E-state index contributed by atoms with van der Waals surface area (Å²) in [5.74, 6) is 0. The molecule has 0 unspecified atom stereocenters. The zero-order valence-corrected chi connectivity index (χ0v) is 7.63. The van der Waals surface area contributed by atoms with Crippen molar-refractivity contribution >= 4 is 21.5 Å². The van der Waals surface area contributed by atoms with Crippen LogP contribution in [-0.4, -0.2) is 56.0 Å². The Morgan fingerprint density at radius 2 is 1.14 bits per heavy atom. The first-order chi connectivity index (χ1) is 3.13. The predicted molar refractivity (Wildman–Crippen MR) is 33.1 cm³/mol. The topological polar surface area (TPSA) is 6.48 Å². The van der Waals surface area contributed by atoms with Crippen molar-refractivity contribution in [2.75, 3.05) is 28.2 Å². The summed E-state index contributed by atoms with van der Waals surface area (Å²) in [4.78, 5) is 0. The molecule has 0 aliphatic carbocycles. The van der Waals surface area contributed by atoms with Crippen molar-refractivity contribution in [1.82, 2.24) is 6.30 Å². The minimum atomic E-state index is 0.0167. The summed E-state index contributed by atoms with van der Waals surface area (Å²) in [6, 6.07) is 0.